The summed E-state index contributed by atoms with van der Waals surface area (Å²) in [4.78, 5) is 6.51. The monoisotopic (exact) mass is 191 g/mol. The number of nitrogens with zero attached hydrogens (tertiary/aromatic N) is 2. The van der Waals surface area contributed by atoms with E-state index in [-0.39, 0.29) is 0 Å². The van der Waals surface area contributed by atoms with Crippen molar-refractivity contribution in [3.63, 3.8) is 0 Å². The van der Waals surface area contributed by atoms with Gasteiger partial charge in [-0.3, -0.25) is 0 Å². The molecule has 0 aliphatic carbocycles. The van der Waals surface area contributed by atoms with Crippen LogP contribution in [-0.2, 0) is 0 Å². The van der Waals surface area contributed by atoms with Crippen LogP contribution in [0.25, 0.3) is 0 Å². The van der Waals surface area contributed by atoms with E-state index in [9.17, 15) is 0 Å². The molecule has 0 bridgehead atoms. The Morgan fingerprint density at radius 1 is 1.36 bits per heavy atom. The van der Waals surface area contributed by atoms with E-state index < -0.39 is 0 Å². The zero-order chi connectivity index (χ0) is 9.97. The molecule has 1 aliphatic heterocycles. The highest BCUT2D eigenvalue weighted by Gasteiger charge is 2.18. The molecule has 14 heavy (non-hydrogen) atoms. The zero-order valence-corrected chi connectivity index (χ0v) is 8.61. The van der Waals surface area contributed by atoms with Crippen molar-refractivity contribution < 1.29 is 0 Å². The van der Waals surface area contributed by atoms with Gasteiger partial charge in [0.15, 0.2) is 0 Å². The number of nitrogen functional groups attached to an aromatic ring is 1. The lowest BCUT2D eigenvalue weighted by atomic mass is 9.91. The molecular formula is C11H17N3. The fourth-order valence-corrected chi connectivity index (χ4v) is 2.00. The van der Waals surface area contributed by atoms with Crippen LogP contribution in [0, 0.1) is 0 Å². The lowest BCUT2D eigenvalue weighted by Crippen LogP contribution is -2.29. The summed E-state index contributed by atoms with van der Waals surface area (Å²) in [6.07, 6.45) is 4.40. The first kappa shape index (κ1) is 9.46. The highest BCUT2D eigenvalue weighted by Crippen LogP contribution is 2.26. The molecule has 0 spiro atoms. The van der Waals surface area contributed by atoms with Crippen LogP contribution in [0.15, 0.2) is 18.3 Å². The van der Waals surface area contributed by atoms with E-state index in [1.165, 1.54) is 31.5 Å². The van der Waals surface area contributed by atoms with Crippen molar-refractivity contribution in [3.8, 4) is 0 Å². The molecule has 3 nitrogen and oxygen atoms in total. The van der Waals surface area contributed by atoms with Crippen LogP contribution in [0.3, 0.4) is 0 Å². The molecule has 0 aromatic carbocycles. The van der Waals surface area contributed by atoms with E-state index >= 15 is 0 Å². The number of hydrogen-bond donors (Lipinski definition) is 1. The number of aromatic nitrogens is 1. The summed E-state index contributed by atoms with van der Waals surface area (Å²) >= 11 is 0. The molecule has 76 valence electrons. The van der Waals surface area contributed by atoms with Crippen molar-refractivity contribution in [3.05, 3.63) is 23.9 Å². The topological polar surface area (TPSA) is 42.1 Å². The summed E-state index contributed by atoms with van der Waals surface area (Å²) in [6, 6.07) is 4.01. The number of likely N-dealkylation sites (tertiary alicyclic amines) is 1. The third-order valence-corrected chi connectivity index (χ3v) is 3.00. The van der Waals surface area contributed by atoms with Crippen LogP contribution in [0.4, 0.5) is 5.82 Å². The molecule has 0 amide bonds. The van der Waals surface area contributed by atoms with Gasteiger partial charge in [-0.05, 0) is 50.5 Å². The van der Waals surface area contributed by atoms with Crippen molar-refractivity contribution in [1.82, 2.24) is 9.88 Å². The van der Waals surface area contributed by atoms with Gasteiger partial charge in [-0.1, -0.05) is 6.07 Å². The molecule has 1 fully saturated rings. The molecule has 2 N–H and O–H groups in total. The van der Waals surface area contributed by atoms with Gasteiger partial charge in [-0.15, -0.1) is 0 Å². The van der Waals surface area contributed by atoms with Gasteiger partial charge in [0, 0.05) is 6.20 Å². The zero-order valence-electron chi connectivity index (χ0n) is 8.61. The predicted octanol–water partition coefficient (Wildman–Crippen LogP) is 1.47. The Morgan fingerprint density at radius 2 is 2.07 bits per heavy atom. The van der Waals surface area contributed by atoms with E-state index in [1.54, 1.807) is 0 Å². The number of anilines is 1. The molecular weight excluding hydrogens is 174 g/mol. The molecule has 1 aromatic heterocycles. The first-order valence-corrected chi connectivity index (χ1v) is 5.15. The summed E-state index contributed by atoms with van der Waals surface area (Å²) in [5.41, 5.74) is 6.90. The van der Waals surface area contributed by atoms with E-state index in [0.29, 0.717) is 11.7 Å². The number of nitrogens with two attached hydrogens (primary N) is 1. The van der Waals surface area contributed by atoms with Crippen molar-refractivity contribution in [2.24, 2.45) is 0 Å². The van der Waals surface area contributed by atoms with Gasteiger partial charge >= 0.3 is 0 Å². The normalized spacial score (nSPS) is 19.8. The molecule has 1 aliphatic rings. The number of piperidine rings is 1. The quantitative estimate of drug-likeness (QED) is 0.731. The van der Waals surface area contributed by atoms with Gasteiger partial charge in [0.1, 0.15) is 5.82 Å². The Bertz CT molecular complexity index is 286. The van der Waals surface area contributed by atoms with Gasteiger partial charge in [0.05, 0.1) is 0 Å². The predicted molar refractivity (Wildman–Crippen MR) is 58.1 cm³/mol. The SMILES string of the molecule is CN1CCC(c2ccc(N)nc2)CC1. The molecule has 2 rings (SSSR count). The maximum Gasteiger partial charge on any atom is 0.123 e. The van der Waals surface area contributed by atoms with Crippen LogP contribution in [0.5, 0.6) is 0 Å². The van der Waals surface area contributed by atoms with E-state index in [1.807, 2.05) is 12.3 Å². The van der Waals surface area contributed by atoms with Crippen LogP contribution >= 0.6 is 0 Å². The van der Waals surface area contributed by atoms with Gasteiger partial charge in [0.25, 0.3) is 0 Å². The number of hydrogen-bond acceptors (Lipinski definition) is 3. The molecule has 0 saturated carbocycles. The standard InChI is InChI=1S/C11H17N3/c1-14-6-4-9(5-7-14)10-2-3-11(12)13-8-10/h2-3,8-9H,4-7H2,1H3,(H2,12,13). The maximum atomic E-state index is 5.56. The molecule has 2 heterocycles. The first-order chi connectivity index (χ1) is 6.75. The summed E-state index contributed by atoms with van der Waals surface area (Å²) in [6.45, 7) is 2.38. The molecule has 1 aromatic rings. The number of pyridine rings is 1. The van der Waals surface area contributed by atoms with Crippen molar-refractivity contribution in [2.45, 2.75) is 18.8 Å². The highest BCUT2D eigenvalue weighted by molar-refractivity contribution is 5.30. The van der Waals surface area contributed by atoms with E-state index in [0.717, 1.165) is 0 Å². The third kappa shape index (κ3) is 2.04. The van der Waals surface area contributed by atoms with E-state index in [2.05, 4.69) is 23.0 Å². The Labute approximate surface area is 84.9 Å². The lowest BCUT2D eigenvalue weighted by Gasteiger charge is -2.28. The maximum absolute atomic E-state index is 5.56. The largest absolute Gasteiger partial charge is 0.384 e. The molecule has 1 saturated heterocycles. The number of rotatable bonds is 1. The second-order valence-corrected chi connectivity index (χ2v) is 4.09. The van der Waals surface area contributed by atoms with Gasteiger partial charge in [0.2, 0.25) is 0 Å². The molecule has 0 atom stereocenters. The van der Waals surface area contributed by atoms with Crippen molar-refractivity contribution in [2.75, 3.05) is 25.9 Å². The second-order valence-electron chi connectivity index (χ2n) is 4.09. The fourth-order valence-electron chi connectivity index (χ4n) is 2.00. The van der Waals surface area contributed by atoms with Gasteiger partial charge < -0.3 is 10.6 Å². The summed E-state index contributed by atoms with van der Waals surface area (Å²) in [7, 11) is 2.18. The highest BCUT2D eigenvalue weighted by atomic mass is 15.1. The Balaban J connectivity index is 2.05. The van der Waals surface area contributed by atoms with Crippen LogP contribution in [0.1, 0.15) is 24.3 Å². The van der Waals surface area contributed by atoms with Crippen molar-refractivity contribution in [1.29, 1.82) is 0 Å². The fraction of sp³-hybridized carbons (Fsp3) is 0.545. The average molecular weight is 191 g/mol. The first-order valence-electron chi connectivity index (χ1n) is 5.15. The van der Waals surface area contributed by atoms with Gasteiger partial charge in [-0.25, -0.2) is 4.98 Å². The molecule has 3 heteroatoms. The summed E-state index contributed by atoms with van der Waals surface area (Å²) in [5.74, 6) is 1.29. The van der Waals surface area contributed by atoms with Crippen LogP contribution < -0.4 is 5.73 Å². The molecule has 0 radical (unpaired) electrons. The average Bonchev–Trinajstić information content (AvgIpc) is 2.21. The summed E-state index contributed by atoms with van der Waals surface area (Å²) in [5, 5.41) is 0. The minimum Gasteiger partial charge on any atom is -0.384 e. The third-order valence-electron chi connectivity index (χ3n) is 3.00. The Morgan fingerprint density at radius 3 is 2.64 bits per heavy atom. The van der Waals surface area contributed by atoms with E-state index in [4.69, 9.17) is 5.73 Å². The lowest BCUT2D eigenvalue weighted by molar-refractivity contribution is 0.255. The molecule has 0 unspecified atom stereocenters. The minimum atomic E-state index is 0.613. The summed E-state index contributed by atoms with van der Waals surface area (Å²) < 4.78 is 0. The van der Waals surface area contributed by atoms with Crippen LogP contribution in [-0.4, -0.2) is 30.0 Å². The minimum absolute atomic E-state index is 0.613. The van der Waals surface area contributed by atoms with Crippen molar-refractivity contribution >= 4 is 5.82 Å². The Kier molecular flexibility index (Phi) is 2.68. The van der Waals surface area contributed by atoms with Gasteiger partial charge in [-0.2, -0.15) is 0 Å². The smallest absolute Gasteiger partial charge is 0.123 e. The van der Waals surface area contributed by atoms with Crippen LogP contribution in [0.2, 0.25) is 0 Å². The Hall–Kier alpha value is -1.09. The second kappa shape index (κ2) is 3.96.